The Hall–Kier alpha value is -2.75. The molecule has 1 heterocycles. The first-order valence-corrected chi connectivity index (χ1v) is 8.18. The molecule has 2 aromatic carbocycles. The molecule has 0 aliphatic heterocycles. The lowest BCUT2D eigenvalue weighted by Gasteiger charge is -2.17. The highest BCUT2D eigenvalue weighted by molar-refractivity contribution is 6.06. The number of carbonyl (C=O) groups excluding carboxylic acids is 1. The molecule has 4 heteroatoms. The van der Waals surface area contributed by atoms with Crippen molar-refractivity contribution in [3.8, 4) is 5.75 Å². The topological polar surface area (TPSA) is 54.1 Å². The van der Waals surface area contributed by atoms with Gasteiger partial charge in [0.1, 0.15) is 5.75 Å². The number of ether oxygens (including phenoxy) is 1. The Balaban J connectivity index is 1.78. The minimum absolute atomic E-state index is 0.0807. The summed E-state index contributed by atoms with van der Waals surface area (Å²) >= 11 is 0. The molecule has 1 atom stereocenters. The summed E-state index contributed by atoms with van der Waals surface area (Å²) in [6.07, 6.45) is 1.97. The fraction of sp³-hybridized carbons (Fsp3) is 0.250. The molecule has 1 aromatic heterocycles. The molecule has 0 saturated heterocycles. The van der Waals surface area contributed by atoms with E-state index in [1.165, 1.54) is 0 Å². The smallest absolute Gasteiger partial charge is 0.252 e. The van der Waals surface area contributed by atoms with Crippen LogP contribution in [-0.4, -0.2) is 17.0 Å². The van der Waals surface area contributed by atoms with Gasteiger partial charge in [-0.1, -0.05) is 18.2 Å². The van der Waals surface area contributed by atoms with Gasteiger partial charge in [0.15, 0.2) is 0 Å². The predicted octanol–water partition coefficient (Wildman–Crippen LogP) is 4.45. The van der Waals surface area contributed by atoms with Crippen molar-refractivity contribution in [3.05, 3.63) is 65.9 Å². The lowest BCUT2D eigenvalue weighted by Crippen LogP contribution is -2.26. The van der Waals surface area contributed by atoms with Crippen LogP contribution in [0, 0.1) is 0 Å². The third kappa shape index (κ3) is 3.43. The molecule has 3 aromatic rings. The number of benzene rings is 2. The zero-order valence-electron chi connectivity index (χ0n) is 14.2. The molecule has 0 bridgehead atoms. The van der Waals surface area contributed by atoms with Gasteiger partial charge in [-0.05, 0) is 56.7 Å². The second-order valence-electron chi connectivity index (χ2n) is 6.18. The van der Waals surface area contributed by atoms with Crippen molar-refractivity contribution in [3.63, 3.8) is 0 Å². The Labute approximate surface area is 141 Å². The lowest BCUT2D eigenvalue weighted by atomic mass is 10.1. The normalized spacial score (nSPS) is 12.3. The van der Waals surface area contributed by atoms with Gasteiger partial charge in [0.25, 0.3) is 5.91 Å². The number of amides is 1. The second kappa shape index (κ2) is 6.79. The summed E-state index contributed by atoms with van der Waals surface area (Å²) in [6, 6.07) is 15.3. The van der Waals surface area contributed by atoms with Crippen LogP contribution in [0.3, 0.4) is 0 Å². The average molecular weight is 322 g/mol. The van der Waals surface area contributed by atoms with Gasteiger partial charge in [0.2, 0.25) is 0 Å². The summed E-state index contributed by atoms with van der Waals surface area (Å²) in [5.41, 5.74) is 2.65. The largest absolute Gasteiger partial charge is 0.491 e. The molecule has 0 radical (unpaired) electrons. The number of fused-ring (bicyclic) bond motifs is 1. The van der Waals surface area contributed by atoms with Crippen LogP contribution in [-0.2, 0) is 0 Å². The standard InChI is InChI=1S/C20H22N2O2/c1-13(2)24-16-7-4-6-15(12-16)14(3)22-20(23)18-8-5-9-19-17(18)10-11-21-19/h4-14,21H,1-3H3,(H,22,23). The number of aromatic amines is 1. The molecule has 0 fully saturated rings. The zero-order valence-corrected chi connectivity index (χ0v) is 14.2. The van der Waals surface area contributed by atoms with Gasteiger partial charge in [-0.25, -0.2) is 0 Å². The van der Waals surface area contributed by atoms with E-state index in [0.717, 1.165) is 22.2 Å². The number of hydrogen-bond donors (Lipinski definition) is 2. The molecule has 4 nitrogen and oxygen atoms in total. The summed E-state index contributed by atoms with van der Waals surface area (Å²) < 4.78 is 5.73. The number of carbonyl (C=O) groups is 1. The minimum Gasteiger partial charge on any atom is -0.491 e. The summed E-state index contributed by atoms with van der Waals surface area (Å²) in [5.74, 6) is 0.735. The quantitative estimate of drug-likeness (QED) is 0.729. The third-order valence-electron chi connectivity index (χ3n) is 3.92. The van der Waals surface area contributed by atoms with Gasteiger partial charge in [-0.15, -0.1) is 0 Å². The Kier molecular flexibility index (Phi) is 4.56. The van der Waals surface area contributed by atoms with Crippen molar-refractivity contribution in [2.45, 2.75) is 32.9 Å². The summed E-state index contributed by atoms with van der Waals surface area (Å²) in [4.78, 5) is 15.8. The van der Waals surface area contributed by atoms with Crippen LogP contribution in [0.15, 0.2) is 54.7 Å². The van der Waals surface area contributed by atoms with E-state index in [4.69, 9.17) is 4.74 Å². The van der Waals surface area contributed by atoms with Gasteiger partial charge >= 0.3 is 0 Å². The van der Waals surface area contributed by atoms with Crippen molar-refractivity contribution < 1.29 is 9.53 Å². The Bertz CT molecular complexity index is 851. The molecule has 0 aliphatic rings. The van der Waals surface area contributed by atoms with Crippen LogP contribution >= 0.6 is 0 Å². The first kappa shape index (κ1) is 16.1. The Morgan fingerprint density at radius 3 is 2.67 bits per heavy atom. The molecule has 0 spiro atoms. The van der Waals surface area contributed by atoms with Crippen LogP contribution in [0.5, 0.6) is 5.75 Å². The van der Waals surface area contributed by atoms with E-state index in [2.05, 4.69) is 10.3 Å². The molecule has 1 amide bonds. The number of nitrogens with one attached hydrogen (secondary N) is 2. The van der Waals surface area contributed by atoms with E-state index >= 15 is 0 Å². The summed E-state index contributed by atoms with van der Waals surface area (Å²) in [6.45, 7) is 5.97. The van der Waals surface area contributed by atoms with Crippen molar-refractivity contribution in [1.82, 2.24) is 10.3 Å². The lowest BCUT2D eigenvalue weighted by molar-refractivity contribution is 0.0941. The van der Waals surface area contributed by atoms with Crippen LogP contribution in [0.2, 0.25) is 0 Å². The van der Waals surface area contributed by atoms with E-state index in [9.17, 15) is 4.79 Å². The number of hydrogen-bond acceptors (Lipinski definition) is 2. The number of aromatic nitrogens is 1. The molecule has 2 N–H and O–H groups in total. The highest BCUT2D eigenvalue weighted by Gasteiger charge is 2.14. The first-order chi connectivity index (χ1) is 11.5. The fourth-order valence-electron chi connectivity index (χ4n) is 2.77. The Morgan fingerprint density at radius 2 is 1.88 bits per heavy atom. The molecule has 1 unspecified atom stereocenters. The highest BCUT2D eigenvalue weighted by Crippen LogP contribution is 2.22. The molecular weight excluding hydrogens is 300 g/mol. The maximum Gasteiger partial charge on any atom is 0.252 e. The average Bonchev–Trinajstić information content (AvgIpc) is 3.02. The SMILES string of the molecule is CC(C)Oc1cccc(C(C)NC(=O)c2cccc3[nH]ccc23)c1. The van der Waals surface area contributed by atoms with E-state index in [1.54, 1.807) is 0 Å². The summed E-state index contributed by atoms with van der Waals surface area (Å²) in [5, 5.41) is 4.00. The van der Waals surface area contributed by atoms with E-state index in [-0.39, 0.29) is 18.1 Å². The molecule has 124 valence electrons. The molecule has 24 heavy (non-hydrogen) atoms. The van der Waals surface area contributed by atoms with Crippen LogP contribution < -0.4 is 10.1 Å². The second-order valence-corrected chi connectivity index (χ2v) is 6.18. The van der Waals surface area contributed by atoms with Crippen LogP contribution in [0.25, 0.3) is 10.9 Å². The van der Waals surface area contributed by atoms with Crippen LogP contribution in [0.4, 0.5) is 0 Å². The van der Waals surface area contributed by atoms with E-state index < -0.39 is 0 Å². The zero-order chi connectivity index (χ0) is 17.1. The van der Waals surface area contributed by atoms with Crippen molar-refractivity contribution in [1.29, 1.82) is 0 Å². The fourth-order valence-corrected chi connectivity index (χ4v) is 2.77. The van der Waals surface area contributed by atoms with Gasteiger partial charge < -0.3 is 15.0 Å². The predicted molar refractivity (Wildman–Crippen MR) is 96.4 cm³/mol. The molecular formula is C20H22N2O2. The monoisotopic (exact) mass is 322 g/mol. The molecule has 0 saturated carbocycles. The molecule has 3 rings (SSSR count). The van der Waals surface area contributed by atoms with Crippen molar-refractivity contribution >= 4 is 16.8 Å². The van der Waals surface area contributed by atoms with Crippen molar-refractivity contribution in [2.75, 3.05) is 0 Å². The van der Waals surface area contributed by atoms with Gasteiger partial charge in [0.05, 0.1) is 12.1 Å². The van der Waals surface area contributed by atoms with Gasteiger partial charge in [-0.3, -0.25) is 4.79 Å². The minimum atomic E-state index is -0.109. The first-order valence-electron chi connectivity index (χ1n) is 8.18. The summed E-state index contributed by atoms with van der Waals surface area (Å²) in [7, 11) is 0. The van der Waals surface area contributed by atoms with E-state index in [0.29, 0.717) is 5.56 Å². The number of H-pyrrole nitrogens is 1. The maximum atomic E-state index is 12.6. The van der Waals surface area contributed by atoms with E-state index in [1.807, 2.05) is 75.5 Å². The number of rotatable bonds is 5. The van der Waals surface area contributed by atoms with Crippen LogP contribution in [0.1, 0.15) is 42.7 Å². The van der Waals surface area contributed by atoms with Crippen molar-refractivity contribution in [2.24, 2.45) is 0 Å². The highest BCUT2D eigenvalue weighted by atomic mass is 16.5. The third-order valence-corrected chi connectivity index (χ3v) is 3.92. The van der Waals surface area contributed by atoms with Gasteiger partial charge in [0, 0.05) is 22.7 Å². The molecule has 0 aliphatic carbocycles. The maximum absolute atomic E-state index is 12.6. The Morgan fingerprint density at radius 1 is 1.08 bits per heavy atom. The van der Waals surface area contributed by atoms with Gasteiger partial charge in [-0.2, -0.15) is 0 Å².